The molecule has 0 atom stereocenters. The number of hydrogen-bond donors (Lipinski definition) is 1. The maximum atomic E-state index is 12.6. The zero-order valence-electron chi connectivity index (χ0n) is 13.5. The molecule has 0 saturated carbocycles. The number of aryl methyl sites for hydroxylation is 1. The van der Waals surface area contributed by atoms with Gasteiger partial charge in [-0.2, -0.15) is 0 Å². The van der Waals surface area contributed by atoms with E-state index in [1.165, 1.54) is 10.8 Å². The molecule has 1 aromatic rings. The number of sulfone groups is 1. The van der Waals surface area contributed by atoms with E-state index in [0.29, 0.717) is 25.9 Å². The van der Waals surface area contributed by atoms with E-state index in [-0.39, 0.29) is 16.7 Å². The quantitative estimate of drug-likeness (QED) is 0.883. The van der Waals surface area contributed by atoms with Crippen LogP contribution in [0.2, 0.25) is 0 Å². The van der Waals surface area contributed by atoms with Crippen LogP contribution < -0.4 is 5.32 Å². The second kappa shape index (κ2) is 5.91. The first-order valence-electron chi connectivity index (χ1n) is 7.39. The highest BCUT2D eigenvalue weighted by Gasteiger charge is 2.35. The maximum absolute atomic E-state index is 12.6. The molecule has 1 saturated heterocycles. The van der Waals surface area contributed by atoms with Gasteiger partial charge in [-0.05, 0) is 33.6 Å². The lowest BCUT2D eigenvalue weighted by Crippen LogP contribution is -2.52. The monoisotopic (exact) mass is 328 g/mol. The predicted octanol–water partition coefficient (Wildman–Crippen LogP) is 1.17. The molecule has 2 amide bonds. The number of hydrogen-bond acceptors (Lipinski definition) is 4. The molecule has 0 aliphatic carbocycles. The van der Waals surface area contributed by atoms with Crippen LogP contribution in [0.15, 0.2) is 17.6 Å². The van der Waals surface area contributed by atoms with Gasteiger partial charge in [0.2, 0.25) is 15.0 Å². The van der Waals surface area contributed by atoms with Crippen molar-refractivity contribution in [3.05, 3.63) is 12.4 Å². The van der Waals surface area contributed by atoms with Gasteiger partial charge < -0.3 is 14.8 Å². The van der Waals surface area contributed by atoms with Crippen molar-refractivity contribution in [2.75, 3.05) is 13.1 Å². The summed E-state index contributed by atoms with van der Waals surface area (Å²) in [6.07, 6.45) is 3.98. The number of carbonyl (C=O) groups is 1. The zero-order valence-corrected chi connectivity index (χ0v) is 14.4. The summed E-state index contributed by atoms with van der Waals surface area (Å²) in [5, 5.41) is 2.52. The number of imidazole rings is 1. The van der Waals surface area contributed by atoms with Crippen molar-refractivity contribution >= 4 is 15.9 Å². The third kappa shape index (κ3) is 3.60. The average molecular weight is 328 g/mol. The van der Waals surface area contributed by atoms with Crippen LogP contribution in [0.3, 0.4) is 0 Å². The van der Waals surface area contributed by atoms with Crippen molar-refractivity contribution in [3.8, 4) is 0 Å². The average Bonchev–Trinajstić information content (AvgIpc) is 2.84. The Bertz CT molecular complexity index is 637. The fraction of sp³-hybridized carbons (Fsp3) is 0.714. The third-order valence-electron chi connectivity index (χ3n) is 3.68. The van der Waals surface area contributed by atoms with E-state index in [1.54, 1.807) is 18.1 Å². The van der Waals surface area contributed by atoms with Crippen molar-refractivity contribution in [1.29, 1.82) is 0 Å². The number of rotatable bonds is 2. The maximum Gasteiger partial charge on any atom is 0.317 e. The lowest BCUT2D eigenvalue weighted by atomic mass is 10.1. The van der Waals surface area contributed by atoms with Gasteiger partial charge in [0.1, 0.15) is 0 Å². The van der Waals surface area contributed by atoms with Crippen molar-refractivity contribution in [3.63, 3.8) is 0 Å². The number of likely N-dealkylation sites (tertiary alicyclic amines) is 1. The Balaban J connectivity index is 2.01. The summed E-state index contributed by atoms with van der Waals surface area (Å²) in [6, 6.07) is -0.139. The molecule has 2 heterocycles. The van der Waals surface area contributed by atoms with Crippen molar-refractivity contribution in [2.24, 2.45) is 7.05 Å². The highest BCUT2D eigenvalue weighted by atomic mass is 32.2. The number of nitrogens with zero attached hydrogens (tertiary/aromatic N) is 3. The lowest BCUT2D eigenvalue weighted by molar-refractivity contribution is 0.178. The largest absolute Gasteiger partial charge is 0.333 e. The Kier molecular flexibility index (Phi) is 4.51. The van der Waals surface area contributed by atoms with E-state index < -0.39 is 15.1 Å². The molecule has 2 rings (SSSR count). The summed E-state index contributed by atoms with van der Waals surface area (Å²) in [7, 11) is -1.77. The van der Waals surface area contributed by atoms with Crippen molar-refractivity contribution in [1.82, 2.24) is 19.8 Å². The molecular formula is C14H24N4O3S. The molecule has 0 unspecified atom stereocenters. The molecule has 1 aliphatic rings. The SMILES string of the molecule is Cn1ccnc1S(=O)(=O)C1CCN(C(=O)NC(C)(C)C)CC1. The van der Waals surface area contributed by atoms with Crippen LogP contribution in [-0.2, 0) is 16.9 Å². The van der Waals surface area contributed by atoms with E-state index >= 15 is 0 Å². The summed E-state index contributed by atoms with van der Waals surface area (Å²) >= 11 is 0. The van der Waals surface area contributed by atoms with Crippen molar-refractivity contribution in [2.45, 2.75) is 49.6 Å². The lowest BCUT2D eigenvalue weighted by Gasteiger charge is -2.33. The van der Waals surface area contributed by atoms with Crippen LogP contribution in [0.25, 0.3) is 0 Å². The van der Waals surface area contributed by atoms with Crippen LogP contribution in [-0.4, -0.2) is 52.8 Å². The van der Waals surface area contributed by atoms with E-state index in [9.17, 15) is 13.2 Å². The predicted molar refractivity (Wildman–Crippen MR) is 83.3 cm³/mol. The highest BCUT2D eigenvalue weighted by molar-refractivity contribution is 7.91. The normalized spacial score (nSPS) is 17.5. The Morgan fingerprint density at radius 2 is 1.91 bits per heavy atom. The molecule has 0 spiro atoms. The molecule has 1 N–H and O–H groups in total. The first kappa shape index (κ1) is 16.8. The minimum atomic E-state index is -3.44. The van der Waals surface area contributed by atoms with Gasteiger partial charge >= 0.3 is 6.03 Å². The smallest absolute Gasteiger partial charge is 0.317 e. The van der Waals surface area contributed by atoms with Gasteiger partial charge in [-0.25, -0.2) is 18.2 Å². The molecule has 1 fully saturated rings. The van der Waals surface area contributed by atoms with E-state index in [1.807, 2.05) is 20.8 Å². The van der Waals surface area contributed by atoms with Gasteiger partial charge in [-0.15, -0.1) is 0 Å². The number of amides is 2. The Morgan fingerprint density at radius 1 is 1.32 bits per heavy atom. The summed E-state index contributed by atoms with van der Waals surface area (Å²) < 4.78 is 26.7. The standard InChI is InChI=1S/C14H24N4O3S/c1-14(2,3)16-12(19)18-8-5-11(6-9-18)22(20,21)13-15-7-10-17(13)4/h7,10-11H,5-6,8-9H2,1-4H3,(H,16,19). The fourth-order valence-electron chi connectivity index (χ4n) is 2.54. The molecule has 22 heavy (non-hydrogen) atoms. The number of carbonyl (C=O) groups excluding carboxylic acids is 1. The first-order valence-corrected chi connectivity index (χ1v) is 8.94. The molecule has 7 nitrogen and oxygen atoms in total. The Labute approximate surface area is 131 Å². The number of urea groups is 1. The molecule has 124 valence electrons. The zero-order chi connectivity index (χ0) is 16.5. The highest BCUT2D eigenvalue weighted by Crippen LogP contribution is 2.23. The minimum absolute atomic E-state index is 0.102. The van der Waals surface area contributed by atoms with Gasteiger partial charge in [0.15, 0.2) is 0 Å². The molecule has 1 aliphatic heterocycles. The second-order valence-electron chi connectivity index (χ2n) is 6.73. The molecule has 8 heteroatoms. The van der Waals surface area contributed by atoms with Crippen LogP contribution in [0.1, 0.15) is 33.6 Å². The Morgan fingerprint density at radius 3 is 2.36 bits per heavy atom. The molecule has 0 aromatic carbocycles. The van der Waals surface area contributed by atoms with Crippen LogP contribution in [0, 0.1) is 0 Å². The van der Waals surface area contributed by atoms with Crippen molar-refractivity contribution < 1.29 is 13.2 Å². The van der Waals surface area contributed by atoms with Gasteiger partial charge in [-0.3, -0.25) is 0 Å². The summed E-state index contributed by atoms with van der Waals surface area (Å²) in [5.41, 5.74) is -0.299. The van der Waals surface area contributed by atoms with E-state index in [2.05, 4.69) is 10.3 Å². The van der Waals surface area contributed by atoms with Crippen LogP contribution in [0.4, 0.5) is 4.79 Å². The number of nitrogens with one attached hydrogen (secondary N) is 1. The van der Waals surface area contributed by atoms with E-state index in [0.717, 1.165) is 0 Å². The molecule has 0 radical (unpaired) electrons. The summed E-state index contributed by atoms with van der Waals surface area (Å²) in [4.78, 5) is 17.7. The summed E-state index contributed by atoms with van der Waals surface area (Å²) in [5.74, 6) is 0. The topological polar surface area (TPSA) is 84.3 Å². The molecular weight excluding hydrogens is 304 g/mol. The number of piperidine rings is 1. The third-order valence-corrected chi connectivity index (χ3v) is 5.93. The number of aromatic nitrogens is 2. The fourth-order valence-corrected chi connectivity index (χ4v) is 4.34. The Hall–Kier alpha value is -1.57. The van der Waals surface area contributed by atoms with Crippen LogP contribution >= 0.6 is 0 Å². The van der Waals surface area contributed by atoms with Gasteiger partial charge in [0, 0.05) is 38.1 Å². The first-order chi connectivity index (χ1) is 10.1. The van der Waals surface area contributed by atoms with Gasteiger partial charge in [-0.1, -0.05) is 0 Å². The molecule has 1 aromatic heterocycles. The van der Waals surface area contributed by atoms with Gasteiger partial charge in [0.05, 0.1) is 5.25 Å². The second-order valence-corrected chi connectivity index (χ2v) is 8.85. The van der Waals surface area contributed by atoms with E-state index in [4.69, 9.17) is 0 Å². The van der Waals surface area contributed by atoms with Gasteiger partial charge in [0.25, 0.3) is 0 Å². The minimum Gasteiger partial charge on any atom is -0.333 e. The summed E-state index contributed by atoms with van der Waals surface area (Å²) in [6.45, 7) is 6.64. The molecule has 0 bridgehead atoms. The van der Waals surface area contributed by atoms with Crippen LogP contribution in [0.5, 0.6) is 0 Å².